The van der Waals surface area contributed by atoms with Crippen molar-refractivity contribution in [3.8, 4) is 0 Å². The van der Waals surface area contributed by atoms with Crippen LogP contribution in [0.4, 0.5) is 4.79 Å². The van der Waals surface area contributed by atoms with Crippen LogP contribution >= 0.6 is 0 Å². The van der Waals surface area contributed by atoms with Crippen LogP contribution < -0.4 is 5.32 Å². The molecule has 0 spiro atoms. The van der Waals surface area contributed by atoms with Crippen molar-refractivity contribution >= 4 is 12.0 Å². The largest absolute Gasteiger partial charge is 0.444 e. The number of carbonyl (C=O) groups is 2. The zero-order chi connectivity index (χ0) is 18.6. The quantitative estimate of drug-likeness (QED) is 0.844. The van der Waals surface area contributed by atoms with Crippen LogP contribution in [0.1, 0.15) is 66.7 Å². The number of likely N-dealkylation sites (tertiary alicyclic amines) is 2. The molecule has 2 unspecified atom stereocenters. The van der Waals surface area contributed by atoms with E-state index in [-0.39, 0.29) is 18.0 Å². The molecule has 1 N–H and O–H groups in total. The second-order valence-corrected chi connectivity index (χ2v) is 8.55. The molecule has 2 heterocycles. The Hall–Kier alpha value is -1.30. The van der Waals surface area contributed by atoms with E-state index in [0.717, 1.165) is 51.7 Å². The van der Waals surface area contributed by atoms with Crippen molar-refractivity contribution in [1.29, 1.82) is 0 Å². The Morgan fingerprint density at radius 3 is 2.36 bits per heavy atom. The molecule has 0 saturated carbocycles. The van der Waals surface area contributed by atoms with Crippen molar-refractivity contribution in [2.75, 3.05) is 19.6 Å². The third kappa shape index (κ3) is 6.17. The molecule has 0 aliphatic carbocycles. The summed E-state index contributed by atoms with van der Waals surface area (Å²) < 4.78 is 5.55. The number of hydrogen-bond donors (Lipinski definition) is 1. The maximum atomic E-state index is 12.4. The minimum atomic E-state index is -0.446. The predicted molar refractivity (Wildman–Crippen MR) is 98.5 cm³/mol. The highest BCUT2D eigenvalue weighted by Crippen LogP contribution is 2.24. The number of ether oxygens (including phenoxy) is 1. The number of amides is 2. The van der Waals surface area contributed by atoms with E-state index in [9.17, 15) is 9.59 Å². The molecule has 2 aliphatic heterocycles. The molecule has 2 rings (SSSR count). The van der Waals surface area contributed by atoms with E-state index in [1.54, 1.807) is 6.92 Å². The van der Waals surface area contributed by atoms with Crippen LogP contribution in [0, 0.1) is 0 Å². The van der Waals surface area contributed by atoms with Gasteiger partial charge in [-0.15, -0.1) is 0 Å². The predicted octanol–water partition coefficient (Wildman–Crippen LogP) is 2.77. The summed E-state index contributed by atoms with van der Waals surface area (Å²) in [6.07, 6.45) is 4.87. The molecular formula is C19H35N3O3. The maximum absolute atomic E-state index is 12.4. The van der Waals surface area contributed by atoms with E-state index in [2.05, 4.69) is 12.2 Å². The molecule has 2 amide bonds. The fraction of sp³-hybridized carbons (Fsp3) is 0.895. The highest BCUT2D eigenvalue weighted by Gasteiger charge is 2.33. The Bertz CT molecular complexity index is 467. The second kappa shape index (κ2) is 8.39. The normalized spacial score (nSPS) is 23.6. The zero-order valence-electron chi connectivity index (χ0n) is 16.5. The molecule has 0 radical (unpaired) electrons. The van der Waals surface area contributed by atoms with E-state index in [1.807, 2.05) is 30.6 Å². The van der Waals surface area contributed by atoms with Crippen molar-refractivity contribution in [3.63, 3.8) is 0 Å². The van der Waals surface area contributed by atoms with Crippen molar-refractivity contribution in [1.82, 2.24) is 15.1 Å². The summed E-state index contributed by atoms with van der Waals surface area (Å²) in [6, 6.07) is 1.07. The highest BCUT2D eigenvalue weighted by molar-refractivity contribution is 5.73. The second-order valence-electron chi connectivity index (χ2n) is 8.55. The van der Waals surface area contributed by atoms with Gasteiger partial charge in [-0.2, -0.15) is 0 Å². The van der Waals surface area contributed by atoms with E-state index >= 15 is 0 Å². The van der Waals surface area contributed by atoms with Gasteiger partial charge < -0.3 is 19.9 Å². The first-order chi connectivity index (χ1) is 11.7. The molecule has 2 atom stereocenters. The summed E-state index contributed by atoms with van der Waals surface area (Å²) in [7, 11) is 0. The van der Waals surface area contributed by atoms with Gasteiger partial charge >= 0.3 is 6.09 Å². The molecule has 2 aliphatic rings. The zero-order valence-corrected chi connectivity index (χ0v) is 16.5. The molecular weight excluding hydrogens is 318 g/mol. The van der Waals surface area contributed by atoms with Gasteiger partial charge in [-0.05, 0) is 59.8 Å². The molecule has 2 saturated heterocycles. The van der Waals surface area contributed by atoms with E-state index < -0.39 is 5.60 Å². The summed E-state index contributed by atoms with van der Waals surface area (Å²) in [5.41, 5.74) is -0.446. The lowest BCUT2D eigenvalue weighted by Gasteiger charge is -2.35. The van der Waals surface area contributed by atoms with Crippen LogP contribution in [0.25, 0.3) is 0 Å². The third-order valence-corrected chi connectivity index (χ3v) is 5.09. The van der Waals surface area contributed by atoms with Gasteiger partial charge in [-0.25, -0.2) is 4.79 Å². The Balaban J connectivity index is 1.78. The highest BCUT2D eigenvalue weighted by atomic mass is 16.6. The van der Waals surface area contributed by atoms with Gasteiger partial charge in [0.25, 0.3) is 0 Å². The Morgan fingerprint density at radius 2 is 1.80 bits per heavy atom. The average Bonchev–Trinajstić information content (AvgIpc) is 2.94. The molecule has 6 heteroatoms. The lowest BCUT2D eigenvalue weighted by Crippen LogP contribution is -2.48. The number of hydrogen-bond acceptors (Lipinski definition) is 4. The summed E-state index contributed by atoms with van der Waals surface area (Å²) in [5, 5.41) is 3.70. The molecule has 0 bridgehead atoms. The molecule has 6 nitrogen and oxygen atoms in total. The average molecular weight is 354 g/mol. The summed E-state index contributed by atoms with van der Waals surface area (Å²) in [5.74, 6) is 0.172. The molecule has 2 fully saturated rings. The first-order valence-electron chi connectivity index (χ1n) is 9.67. The minimum absolute atomic E-state index is 0.172. The first kappa shape index (κ1) is 20.0. The van der Waals surface area contributed by atoms with Crippen LogP contribution in [0.15, 0.2) is 0 Å². The molecule has 0 aromatic carbocycles. The number of nitrogens with zero attached hydrogens (tertiary/aromatic N) is 2. The molecule has 0 aromatic heterocycles. The lowest BCUT2D eigenvalue weighted by atomic mass is 10.0. The Kier molecular flexibility index (Phi) is 6.72. The monoisotopic (exact) mass is 353 g/mol. The minimum Gasteiger partial charge on any atom is -0.444 e. The third-order valence-electron chi connectivity index (χ3n) is 5.09. The number of piperidine rings is 1. The number of rotatable bonds is 4. The van der Waals surface area contributed by atoms with Gasteiger partial charge in [0.15, 0.2) is 0 Å². The molecule has 25 heavy (non-hydrogen) atoms. The van der Waals surface area contributed by atoms with Gasteiger partial charge in [-0.1, -0.05) is 0 Å². The van der Waals surface area contributed by atoms with Gasteiger partial charge in [0, 0.05) is 44.7 Å². The molecule has 144 valence electrons. The van der Waals surface area contributed by atoms with Crippen molar-refractivity contribution in [3.05, 3.63) is 0 Å². The standard InChI is InChI=1S/C19H35N3O3/c1-14(20-16-8-11-21(12-9-16)15(2)23)13-17-7-6-10-22(17)18(24)25-19(3,4)5/h14,16-17,20H,6-13H2,1-5H3. The topological polar surface area (TPSA) is 61.9 Å². The summed E-state index contributed by atoms with van der Waals surface area (Å²) in [4.78, 5) is 27.6. The van der Waals surface area contributed by atoms with Crippen LogP contribution in [0.5, 0.6) is 0 Å². The van der Waals surface area contributed by atoms with Crippen LogP contribution in [-0.2, 0) is 9.53 Å². The maximum Gasteiger partial charge on any atom is 0.410 e. The van der Waals surface area contributed by atoms with Crippen LogP contribution in [-0.4, -0.2) is 65.2 Å². The van der Waals surface area contributed by atoms with E-state index in [1.165, 1.54) is 0 Å². The SMILES string of the molecule is CC(=O)N1CCC(NC(C)CC2CCCN2C(=O)OC(C)(C)C)CC1. The number of carbonyl (C=O) groups excluding carboxylic acids is 2. The van der Waals surface area contributed by atoms with Gasteiger partial charge in [0.2, 0.25) is 5.91 Å². The van der Waals surface area contributed by atoms with Crippen molar-refractivity contribution in [2.45, 2.75) is 90.4 Å². The van der Waals surface area contributed by atoms with Crippen molar-refractivity contribution in [2.24, 2.45) is 0 Å². The van der Waals surface area contributed by atoms with Crippen molar-refractivity contribution < 1.29 is 14.3 Å². The first-order valence-corrected chi connectivity index (χ1v) is 9.67. The smallest absolute Gasteiger partial charge is 0.410 e. The fourth-order valence-electron chi connectivity index (χ4n) is 3.88. The summed E-state index contributed by atoms with van der Waals surface area (Å²) >= 11 is 0. The Labute approximate surface area is 152 Å². The van der Waals surface area contributed by atoms with E-state index in [4.69, 9.17) is 4.74 Å². The van der Waals surface area contributed by atoms with Gasteiger partial charge in [0.05, 0.1) is 0 Å². The Morgan fingerprint density at radius 1 is 1.16 bits per heavy atom. The summed E-state index contributed by atoms with van der Waals surface area (Å²) in [6.45, 7) is 12.0. The number of nitrogens with one attached hydrogen (secondary N) is 1. The van der Waals surface area contributed by atoms with Crippen LogP contribution in [0.2, 0.25) is 0 Å². The van der Waals surface area contributed by atoms with Crippen LogP contribution in [0.3, 0.4) is 0 Å². The molecule has 0 aromatic rings. The lowest BCUT2D eigenvalue weighted by molar-refractivity contribution is -0.129. The fourth-order valence-corrected chi connectivity index (χ4v) is 3.88. The van der Waals surface area contributed by atoms with E-state index in [0.29, 0.717) is 12.1 Å². The van der Waals surface area contributed by atoms with Gasteiger partial charge in [0.1, 0.15) is 5.60 Å². The van der Waals surface area contributed by atoms with Gasteiger partial charge in [-0.3, -0.25) is 4.79 Å².